The molecule has 0 aliphatic rings. The molecular weight excluding hydrogens is 95.1 g/mol. The van der Waals surface area contributed by atoms with Crippen molar-refractivity contribution in [2.75, 3.05) is 0 Å². The van der Waals surface area contributed by atoms with Gasteiger partial charge in [0.15, 0.2) is 0 Å². The van der Waals surface area contributed by atoms with Gasteiger partial charge in [-0.3, -0.25) is 0 Å². The van der Waals surface area contributed by atoms with Crippen LogP contribution in [0.1, 0.15) is 5.76 Å². The van der Waals surface area contributed by atoms with Gasteiger partial charge in [0, 0.05) is 13.0 Å². The number of halogens is 1. The molecule has 0 spiro atoms. The molecule has 0 bridgehead atoms. The van der Waals surface area contributed by atoms with Gasteiger partial charge in [-0.25, -0.2) is 0 Å². The van der Waals surface area contributed by atoms with E-state index in [-0.39, 0.29) is 0 Å². The summed E-state index contributed by atoms with van der Waals surface area (Å²) < 4.78 is 16.0. The van der Waals surface area contributed by atoms with Crippen LogP contribution >= 0.6 is 0 Å². The van der Waals surface area contributed by atoms with Crippen molar-refractivity contribution < 1.29 is 8.81 Å². The molecule has 0 unspecified atom stereocenters. The van der Waals surface area contributed by atoms with Crippen LogP contribution in [0.2, 0.25) is 0 Å². The quantitative estimate of drug-likeness (QED) is 0.481. The van der Waals surface area contributed by atoms with Crippen molar-refractivity contribution in [1.29, 1.82) is 0 Å². The summed E-state index contributed by atoms with van der Waals surface area (Å²) >= 11 is 0. The number of rotatable bonds is 0. The molecule has 1 rings (SSSR count). The van der Waals surface area contributed by atoms with Crippen LogP contribution in [0, 0.1) is 12.9 Å². The van der Waals surface area contributed by atoms with E-state index in [9.17, 15) is 4.39 Å². The van der Waals surface area contributed by atoms with Crippen LogP contribution < -0.4 is 0 Å². The number of hydrogen-bond donors (Lipinski definition) is 0. The Kier molecular flexibility index (Phi) is 0.855. The summed E-state index contributed by atoms with van der Waals surface area (Å²) in [5.41, 5.74) is 0. The van der Waals surface area contributed by atoms with Crippen LogP contribution in [0.4, 0.5) is 4.39 Å². The molecule has 0 N–H and O–H groups in total. The number of furan rings is 1. The van der Waals surface area contributed by atoms with Gasteiger partial charge < -0.3 is 4.42 Å². The van der Waals surface area contributed by atoms with E-state index < -0.39 is 6.01 Å². The maximum atomic E-state index is 11.7. The van der Waals surface area contributed by atoms with Gasteiger partial charge in [0.2, 0.25) is 0 Å². The van der Waals surface area contributed by atoms with Crippen LogP contribution in [0.15, 0.2) is 16.5 Å². The van der Waals surface area contributed by atoms with Crippen LogP contribution in [0.25, 0.3) is 0 Å². The monoisotopic (exact) mass is 99.0 g/mol. The van der Waals surface area contributed by atoms with Gasteiger partial charge in [0.25, 0.3) is 6.01 Å². The third-order valence-corrected chi connectivity index (χ3v) is 0.629. The zero-order valence-corrected chi connectivity index (χ0v) is 3.65. The van der Waals surface area contributed by atoms with E-state index >= 15 is 0 Å². The van der Waals surface area contributed by atoms with E-state index in [1.165, 1.54) is 12.1 Å². The standard InChI is InChI=1S/C5H4FO/c1-4-2-3-5(6)7-4/h2-3H,1H2. The first-order valence-corrected chi connectivity index (χ1v) is 1.86. The third kappa shape index (κ3) is 0.796. The van der Waals surface area contributed by atoms with E-state index in [2.05, 4.69) is 11.3 Å². The van der Waals surface area contributed by atoms with E-state index in [4.69, 9.17) is 0 Å². The molecule has 0 fully saturated rings. The molecule has 0 saturated carbocycles. The second kappa shape index (κ2) is 1.37. The molecule has 1 aromatic heterocycles. The Balaban J connectivity index is 3.04. The van der Waals surface area contributed by atoms with E-state index in [0.717, 1.165) is 0 Å². The van der Waals surface area contributed by atoms with Crippen LogP contribution in [-0.4, -0.2) is 0 Å². The summed E-state index contributed by atoms with van der Waals surface area (Å²) in [5, 5.41) is 0. The Bertz CT molecular complexity index is 140. The summed E-state index contributed by atoms with van der Waals surface area (Å²) in [7, 11) is 0. The van der Waals surface area contributed by atoms with E-state index in [1.54, 1.807) is 0 Å². The normalized spacial score (nSPS) is 9.43. The molecule has 1 radical (unpaired) electrons. The van der Waals surface area contributed by atoms with E-state index in [0.29, 0.717) is 5.76 Å². The van der Waals surface area contributed by atoms with Gasteiger partial charge in [-0.2, -0.15) is 4.39 Å². The predicted molar refractivity (Wildman–Crippen MR) is 23.1 cm³/mol. The smallest absolute Gasteiger partial charge is 0.277 e. The lowest BCUT2D eigenvalue weighted by Crippen LogP contribution is -1.54. The van der Waals surface area contributed by atoms with Crippen molar-refractivity contribution in [2.24, 2.45) is 0 Å². The molecule has 2 heteroatoms. The molecule has 37 valence electrons. The van der Waals surface area contributed by atoms with Gasteiger partial charge >= 0.3 is 0 Å². The van der Waals surface area contributed by atoms with Crippen molar-refractivity contribution in [3.8, 4) is 0 Å². The molecule has 0 amide bonds. The third-order valence-electron chi connectivity index (χ3n) is 0.629. The fourth-order valence-electron chi connectivity index (χ4n) is 0.352. The zero-order valence-electron chi connectivity index (χ0n) is 3.65. The highest BCUT2D eigenvalue weighted by Gasteiger charge is 1.90. The zero-order chi connectivity index (χ0) is 5.28. The van der Waals surface area contributed by atoms with Crippen molar-refractivity contribution in [3.05, 3.63) is 30.8 Å². The first-order chi connectivity index (χ1) is 3.29. The van der Waals surface area contributed by atoms with Crippen LogP contribution in [0.3, 0.4) is 0 Å². The molecule has 1 heterocycles. The van der Waals surface area contributed by atoms with Crippen LogP contribution in [0.5, 0.6) is 0 Å². The molecule has 0 saturated heterocycles. The summed E-state index contributed by atoms with van der Waals surface area (Å²) in [5.74, 6) is 0.359. The molecule has 0 aliphatic heterocycles. The average molecular weight is 99.1 g/mol. The Morgan fingerprint density at radius 3 is 2.43 bits per heavy atom. The first-order valence-electron chi connectivity index (χ1n) is 1.86. The summed E-state index contributed by atoms with van der Waals surface area (Å²) in [6.45, 7) is 3.33. The molecule has 1 aromatic rings. The molecule has 0 aromatic carbocycles. The minimum absolute atomic E-state index is 0.359. The maximum absolute atomic E-state index is 11.7. The predicted octanol–water partition coefficient (Wildman–Crippen LogP) is 1.60. The first kappa shape index (κ1) is 4.37. The molecule has 1 nitrogen and oxygen atoms in total. The minimum Gasteiger partial charge on any atom is -0.436 e. The van der Waals surface area contributed by atoms with Crippen molar-refractivity contribution in [2.45, 2.75) is 0 Å². The van der Waals surface area contributed by atoms with Gasteiger partial charge in [0.05, 0.1) is 0 Å². The summed E-state index contributed by atoms with van der Waals surface area (Å²) in [6.07, 6.45) is 0. The van der Waals surface area contributed by atoms with Crippen molar-refractivity contribution >= 4 is 0 Å². The Hall–Kier alpha value is -0.790. The fraction of sp³-hybridized carbons (Fsp3) is 0. The average Bonchev–Trinajstić information content (AvgIpc) is 1.87. The van der Waals surface area contributed by atoms with E-state index in [1.807, 2.05) is 0 Å². The largest absolute Gasteiger partial charge is 0.436 e. The SMILES string of the molecule is [CH2]c1ccc(F)o1. The Labute approximate surface area is 40.8 Å². The summed E-state index contributed by atoms with van der Waals surface area (Å²) in [4.78, 5) is 0. The van der Waals surface area contributed by atoms with Gasteiger partial charge in [0.1, 0.15) is 5.76 Å². The highest BCUT2D eigenvalue weighted by molar-refractivity contribution is 5.01. The van der Waals surface area contributed by atoms with Crippen molar-refractivity contribution in [1.82, 2.24) is 0 Å². The highest BCUT2D eigenvalue weighted by atomic mass is 19.1. The van der Waals surface area contributed by atoms with Gasteiger partial charge in [-0.05, 0) is 6.07 Å². The number of hydrogen-bond acceptors (Lipinski definition) is 1. The van der Waals surface area contributed by atoms with Gasteiger partial charge in [-0.1, -0.05) is 0 Å². The Morgan fingerprint density at radius 1 is 1.57 bits per heavy atom. The lowest BCUT2D eigenvalue weighted by molar-refractivity contribution is 0.351. The molecular formula is C5H4FO. The lowest BCUT2D eigenvalue weighted by Gasteiger charge is -1.72. The van der Waals surface area contributed by atoms with Crippen LogP contribution in [-0.2, 0) is 0 Å². The minimum atomic E-state index is -0.579. The second-order valence-corrected chi connectivity index (χ2v) is 1.21. The molecule has 7 heavy (non-hydrogen) atoms. The summed E-state index contributed by atoms with van der Waals surface area (Å²) in [6, 6.07) is 2.11. The topological polar surface area (TPSA) is 13.1 Å². The second-order valence-electron chi connectivity index (χ2n) is 1.21. The Morgan fingerprint density at radius 2 is 2.29 bits per heavy atom. The highest BCUT2D eigenvalue weighted by Crippen LogP contribution is 2.01. The maximum Gasteiger partial charge on any atom is 0.277 e. The van der Waals surface area contributed by atoms with Gasteiger partial charge in [-0.15, -0.1) is 0 Å². The molecule has 0 aliphatic carbocycles. The molecule has 0 atom stereocenters. The fourth-order valence-corrected chi connectivity index (χ4v) is 0.352. The van der Waals surface area contributed by atoms with Crippen molar-refractivity contribution in [3.63, 3.8) is 0 Å². The lowest BCUT2D eigenvalue weighted by atomic mass is 10.5.